The van der Waals surface area contributed by atoms with E-state index in [9.17, 15) is 19.2 Å². The zero-order valence-electron chi connectivity index (χ0n) is 10.5. The van der Waals surface area contributed by atoms with Crippen molar-refractivity contribution >= 4 is 39.4 Å². The molecule has 0 aliphatic carbocycles. The molecule has 0 aliphatic heterocycles. The van der Waals surface area contributed by atoms with Gasteiger partial charge in [0.1, 0.15) is 5.78 Å². The summed E-state index contributed by atoms with van der Waals surface area (Å²) in [5.41, 5.74) is 5.08. The van der Waals surface area contributed by atoms with Crippen molar-refractivity contribution in [1.29, 1.82) is 0 Å². The Labute approximate surface area is 118 Å². The molecule has 2 N–H and O–H groups in total. The summed E-state index contributed by atoms with van der Waals surface area (Å²) in [4.78, 5) is 44.5. The van der Waals surface area contributed by atoms with Crippen LogP contribution in [0.1, 0.15) is 25.7 Å². The summed E-state index contributed by atoms with van der Waals surface area (Å²) in [6.07, 6.45) is -0.341. The summed E-state index contributed by atoms with van der Waals surface area (Å²) in [6, 6.07) is 0. The Hall–Kier alpha value is -1.28. The first-order valence-corrected chi connectivity index (χ1v) is 6.47. The van der Waals surface area contributed by atoms with Crippen molar-refractivity contribution < 1.29 is 28.7 Å². The van der Waals surface area contributed by atoms with Gasteiger partial charge in [-0.1, -0.05) is 0 Å². The summed E-state index contributed by atoms with van der Waals surface area (Å²) < 4.78 is 9.13. The van der Waals surface area contributed by atoms with E-state index < -0.39 is 22.7 Å². The standard InChI is InChI=1S/C11H16BrNO6/c1-18-9(16)5-3-8(15)11(12)19-10(17)4-2-7(14)6-13/h11H,2-6,13H2,1H3. The SMILES string of the molecule is COC(=O)CCC(=O)C(Br)OC(=O)CCC(=O)CN. The van der Waals surface area contributed by atoms with Crippen molar-refractivity contribution in [3.63, 3.8) is 0 Å². The number of hydrogen-bond acceptors (Lipinski definition) is 7. The molecule has 0 aliphatic rings. The topological polar surface area (TPSA) is 113 Å². The van der Waals surface area contributed by atoms with E-state index in [-0.39, 0.29) is 38.0 Å². The van der Waals surface area contributed by atoms with Gasteiger partial charge in [-0.2, -0.15) is 0 Å². The van der Waals surface area contributed by atoms with Crippen LogP contribution < -0.4 is 5.73 Å². The van der Waals surface area contributed by atoms with Crippen LogP contribution in [0.5, 0.6) is 0 Å². The van der Waals surface area contributed by atoms with Crippen LogP contribution in [0, 0.1) is 0 Å². The number of ketones is 2. The number of Topliss-reactive ketones (excluding diaryl/α,β-unsaturated/α-hetero) is 2. The largest absolute Gasteiger partial charge is 0.469 e. The van der Waals surface area contributed by atoms with Crippen molar-refractivity contribution in [2.75, 3.05) is 13.7 Å². The van der Waals surface area contributed by atoms with Crippen LogP contribution in [-0.2, 0) is 28.7 Å². The smallest absolute Gasteiger partial charge is 0.307 e. The Balaban J connectivity index is 3.97. The molecule has 7 nitrogen and oxygen atoms in total. The van der Waals surface area contributed by atoms with Gasteiger partial charge in [-0.05, 0) is 15.9 Å². The minimum atomic E-state index is -1.13. The third-order valence-electron chi connectivity index (χ3n) is 2.13. The van der Waals surface area contributed by atoms with E-state index in [1.807, 2.05) is 0 Å². The molecule has 0 amide bonds. The molecule has 8 heteroatoms. The van der Waals surface area contributed by atoms with Gasteiger partial charge < -0.3 is 15.2 Å². The second-order valence-electron chi connectivity index (χ2n) is 3.59. The summed E-state index contributed by atoms with van der Waals surface area (Å²) >= 11 is 2.89. The lowest BCUT2D eigenvalue weighted by Gasteiger charge is -2.10. The highest BCUT2D eigenvalue weighted by Crippen LogP contribution is 2.10. The van der Waals surface area contributed by atoms with Gasteiger partial charge in [0.25, 0.3) is 0 Å². The predicted octanol–water partition coefficient (Wildman–Crippen LogP) is 0.0809. The lowest BCUT2D eigenvalue weighted by Crippen LogP contribution is -2.23. The molecule has 0 radical (unpaired) electrons. The van der Waals surface area contributed by atoms with Gasteiger partial charge >= 0.3 is 11.9 Å². The van der Waals surface area contributed by atoms with E-state index >= 15 is 0 Å². The van der Waals surface area contributed by atoms with Crippen LogP contribution in [0.15, 0.2) is 0 Å². The number of methoxy groups -OCH3 is 1. The molecule has 1 unspecified atom stereocenters. The number of ether oxygens (including phenoxy) is 2. The van der Waals surface area contributed by atoms with Crippen LogP contribution in [0.4, 0.5) is 0 Å². The molecule has 0 heterocycles. The number of carbonyl (C=O) groups excluding carboxylic acids is 4. The highest BCUT2D eigenvalue weighted by Gasteiger charge is 2.20. The van der Waals surface area contributed by atoms with Gasteiger partial charge in [-0.25, -0.2) is 0 Å². The van der Waals surface area contributed by atoms with Crippen LogP contribution in [-0.4, -0.2) is 42.2 Å². The molecule has 19 heavy (non-hydrogen) atoms. The molecule has 0 spiro atoms. The second kappa shape index (κ2) is 9.62. The maximum atomic E-state index is 11.5. The Kier molecular flexibility index (Phi) is 8.98. The third-order valence-corrected chi connectivity index (χ3v) is 2.82. The first kappa shape index (κ1) is 17.7. The van der Waals surface area contributed by atoms with Gasteiger partial charge in [-0.3, -0.25) is 19.2 Å². The van der Waals surface area contributed by atoms with Crippen LogP contribution in [0.3, 0.4) is 0 Å². The molecule has 0 aromatic rings. The number of hydrogen-bond donors (Lipinski definition) is 1. The fourth-order valence-electron chi connectivity index (χ4n) is 1.02. The summed E-state index contributed by atoms with van der Waals surface area (Å²) in [5.74, 6) is -1.92. The average Bonchev–Trinajstić information content (AvgIpc) is 2.41. The zero-order valence-corrected chi connectivity index (χ0v) is 12.1. The molecular weight excluding hydrogens is 322 g/mol. The zero-order chi connectivity index (χ0) is 14.8. The van der Waals surface area contributed by atoms with Crippen molar-refractivity contribution in [2.45, 2.75) is 30.7 Å². The molecule has 1 atom stereocenters. The van der Waals surface area contributed by atoms with E-state index in [2.05, 4.69) is 20.7 Å². The first-order valence-electron chi connectivity index (χ1n) is 5.55. The first-order chi connectivity index (χ1) is 8.90. The maximum absolute atomic E-state index is 11.5. The van der Waals surface area contributed by atoms with Crippen molar-refractivity contribution in [1.82, 2.24) is 0 Å². The van der Waals surface area contributed by atoms with Crippen LogP contribution >= 0.6 is 15.9 Å². The minimum absolute atomic E-state index is 0.0224. The van der Waals surface area contributed by atoms with Gasteiger partial charge in [0.15, 0.2) is 5.78 Å². The Bertz CT molecular complexity index is 357. The van der Waals surface area contributed by atoms with Gasteiger partial charge in [0, 0.05) is 12.8 Å². The lowest BCUT2D eigenvalue weighted by molar-refractivity contribution is -0.150. The summed E-state index contributed by atoms with van der Waals surface area (Å²) in [5, 5.41) is -1.13. The summed E-state index contributed by atoms with van der Waals surface area (Å²) in [6.45, 7) is -0.136. The molecule has 0 aromatic carbocycles. The van der Waals surface area contributed by atoms with E-state index in [4.69, 9.17) is 10.5 Å². The minimum Gasteiger partial charge on any atom is -0.469 e. The molecule has 0 saturated carbocycles. The fraction of sp³-hybridized carbons (Fsp3) is 0.636. The molecule has 0 saturated heterocycles. The number of alkyl halides is 1. The Morgan fingerprint density at radius 1 is 1.05 bits per heavy atom. The average molecular weight is 338 g/mol. The lowest BCUT2D eigenvalue weighted by atomic mass is 10.2. The van der Waals surface area contributed by atoms with E-state index in [0.717, 1.165) is 0 Å². The van der Waals surface area contributed by atoms with Gasteiger partial charge in [0.05, 0.1) is 26.5 Å². The van der Waals surface area contributed by atoms with E-state index in [1.165, 1.54) is 7.11 Å². The molecule has 0 bridgehead atoms. The fourth-order valence-corrected chi connectivity index (χ4v) is 1.46. The summed E-state index contributed by atoms with van der Waals surface area (Å²) in [7, 11) is 1.22. The molecule has 0 aromatic heterocycles. The van der Waals surface area contributed by atoms with Crippen molar-refractivity contribution in [2.24, 2.45) is 5.73 Å². The van der Waals surface area contributed by atoms with Gasteiger partial charge in [0.2, 0.25) is 5.01 Å². The second-order valence-corrected chi connectivity index (χ2v) is 4.42. The number of esters is 2. The monoisotopic (exact) mass is 337 g/mol. The number of carbonyl (C=O) groups is 4. The van der Waals surface area contributed by atoms with Crippen LogP contribution in [0.25, 0.3) is 0 Å². The maximum Gasteiger partial charge on any atom is 0.307 e. The highest BCUT2D eigenvalue weighted by molar-refractivity contribution is 9.09. The highest BCUT2D eigenvalue weighted by atomic mass is 79.9. The van der Waals surface area contributed by atoms with Crippen molar-refractivity contribution in [3.8, 4) is 0 Å². The quantitative estimate of drug-likeness (QED) is 0.468. The third kappa shape index (κ3) is 8.44. The van der Waals surface area contributed by atoms with Crippen molar-refractivity contribution in [3.05, 3.63) is 0 Å². The predicted molar refractivity (Wildman–Crippen MR) is 68.4 cm³/mol. The Morgan fingerprint density at radius 2 is 1.63 bits per heavy atom. The number of nitrogens with two attached hydrogens (primary N) is 1. The van der Waals surface area contributed by atoms with E-state index in [0.29, 0.717) is 0 Å². The van der Waals surface area contributed by atoms with Crippen LogP contribution in [0.2, 0.25) is 0 Å². The molecular formula is C11H16BrNO6. The molecule has 108 valence electrons. The van der Waals surface area contributed by atoms with E-state index in [1.54, 1.807) is 0 Å². The Morgan fingerprint density at radius 3 is 2.16 bits per heavy atom. The number of rotatable bonds is 9. The normalized spacial score (nSPS) is 11.5. The molecule has 0 fully saturated rings. The molecule has 0 rings (SSSR count). The van der Waals surface area contributed by atoms with Gasteiger partial charge in [-0.15, -0.1) is 0 Å². The number of halogens is 1.